The number of nitrogens with two attached hydrogens (primary N) is 1. The van der Waals surface area contributed by atoms with Gasteiger partial charge in [-0.05, 0) is 48.9 Å². The first kappa shape index (κ1) is 16.0. The van der Waals surface area contributed by atoms with E-state index in [4.69, 9.17) is 11.1 Å². The molecular formula is C17H20N2S2. The van der Waals surface area contributed by atoms with Crippen LogP contribution in [-0.2, 0) is 0 Å². The van der Waals surface area contributed by atoms with Crippen LogP contribution in [0.5, 0.6) is 0 Å². The number of amidine groups is 1. The van der Waals surface area contributed by atoms with Gasteiger partial charge in [0.25, 0.3) is 0 Å². The predicted molar refractivity (Wildman–Crippen MR) is 93.9 cm³/mol. The van der Waals surface area contributed by atoms with E-state index in [0.717, 1.165) is 21.1 Å². The van der Waals surface area contributed by atoms with Gasteiger partial charge in [-0.15, -0.1) is 11.8 Å². The summed E-state index contributed by atoms with van der Waals surface area (Å²) in [4.78, 5) is 3.35. The maximum atomic E-state index is 7.91. The Bertz CT molecular complexity index is 666. The summed E-state index contributed by atoms with van der Waals surface area (Å²) in [5.74, 6) is 1.11. The second kappa shape index (κ2) is 7.05. The first-order valence-corrected chi connectivity index (χ1v) is 8.68. The van der Waals surface area contributed by atoms with Gasteiger partial charge >= 0.3 is 0 Å². The minimum atomic E-state index is 0.138. The van der Waals surface area contributed by atoms with Crippen LogP contribution in [0.2, 0.25) is 0 Å². The van der Waals surface area contributed by atoms with E-state index in [9.17, 15) is 0 Å². The number of nitrogens with one attached hydrogen (secondary N) is 1. The van der Waals surface area contributed by atoms with E-state index < -0.39 is 0 Å². The molecule has 0 aliphatic heterocycles. The lowest BCUT2D eigenvalue weighted by molar-refractivity contribution is 1.22. The standard InChI is InChI=1S/C17H20N2S2/c1-4-20-13-6-5-7-14(16(13)17(18)19)21-15-10-11(2)8-9-12(15)3/h5-10H,4H2,1-3H3,(H3,18,19). The predicted octanol–water partition coefficient (Wildman–Crippen LogP) is 4.85. The molecule has 0 unspecified atom stereocenters. The topological polar surface area (TPSA) is 49.9 Å². The molecular weight excluding hydrogens is 296 g/mol. The zero-order chi connectivity index (χ0) is 15.4. The van der Waals surface area contributed by atoms with Gasteiger partial charge in [-0.3, -0.25) is 5.41 Å². The monoisotopic (exact) mass is 316 g/mol. The number of hydrogen-bond acceptors (Lipinski definition) is 3. The molecule has 21 heavy (non-hydrogen) atoms. The summed E-state index contributed by atoms with van der Waals surface area (Å²) in [6.45, 7) is 6.32. The summed E-state index contributed by atoms with van der Waals surface area (Å²) in [6.07, 6.45) is 0. The molecule has 0 radical (unpaired) electrons. The van der Waals surface area contributed by atoms with Crippen LogP contribution in [0.25, 0.3) is 0 Å². The van der Waals surface area contributed by atoms with Crippen molar-refractivity contribution in [2.45, 2.75) is 35.5 Å². The first-order valence-electron chi connectivity index (χ1n) is 6.88. The van der Waals surface area contributed by atoms with Crippen LogP contribution in [0.1, 0.15) is 23.6 Å². The minimum Gasteiger partial charge on any atom is -0.384 e. The fourth-order valence-electron chi connectivity index (χ4n) is 2.07. The van der Waals surface area contributed by atoms with Gasteiger partial charge in [-0.1, -0.05) is 36.9 Å². The van der Waals surface area contributed by atoms with E-state index in [2.05, 4.69) is 39.0 Å². The van der Waals surface area contributed by atoms with Crippen molar-refractivity contribution < 1.29 is 0 Å². The second-order valence-corrected chi connectivity index (χ2v) is 7.24. The van der Waals surface area contributed by atoms with Crippen molar-refractivity contribution in [3.8, 4) is 0 Å². The highest BCUT2D eigenvalue weighted by Crippen LogP contribution is 2.36. The molecule has 0 aliphatic carbocycles. The molecule has 0 bridgehead atoms. The van der Waals surface area contributed by atoms with E-state index in [1.165, 1.54) is 16.0 Å². The molecule has 0 saturated carbocycles. The molecule has 0 fully saturated rings. The normalized spacial score (nSPS) is 10.6. The zero-order valence-electron chi connectivity index (χ0n) is 12.6. The van der Waals surface area contributed by atoms with E-state index in [0.29, 0.717) is 0 Å². The van der Waals surface area contributed by atoms with Crippen LogP contribution in [0, 0.1) is 19.3 Å². The van der Waals surface area contributed by atoms with Gasteiger partial charge in [-0.2, -0.15) is 0 Å². The molecule has 4 heteroatoms. The Morgan fingerprint density at radius 2 is 1.81 bits per heavy atom. The largest absolute Gasteiger partial charge is 0.384 e. The fraction of sp³-hybridized carbons (Fsp3) is 0.235. The van der Waals surface area contributed by atoms with E-state index in [1.807, 2.05) is 18.2 Å². The van der Waals surface area contributed by atoms with Crippen molar-refractivity contribution in [2.24, 2.45) is 5.73 Å². The fourth-order valence-corrected chi connectivity index (χ4v) is 4.17. The Labute approximate surface area is 135 Å². The Kier molecular flexibility index (Phi) is 5.37. The van der Waals surface area contributed by atoms with Crippen LogP contribution >= 0.6 is 23.5 Å². The van der Waals surface area contributed by atoms with Gasteiger partial charge in [-0.25, -0.2) is 0 Å². The van der Waals surface area contributed by atoms with Crippen molar-refractivity contribution in [1.29, 1.82) is 5.41 Å². The molecule has 2 nitrogen and oxygen atoms in total. The smallest absolute Gasteiger partial charge is 0.125 e. The highest BCUT2D eigenvalue weighted by Gasteiger charge is 2.13. The maximum Gasteiger partial charge on any atom is 0.125 e. The Morgan fingerprint density at radius 3 is 2.48 bits per heavy atom. The van der Waals surface area contributed by atoms with Crippen molar-refractivity contribution in [3.05, 3.63) is 53.1 Å². The third kappa shape index (κ3) is 3.83. The van der Waals surface area contributed by atoms with Gasteiger partial charge < -0.3 is 5.73 Å². The number of aryl methyl sites for hydroxylation is 2. The van der Waals surface area contributed by atoms with E-state index in [1.54, 1.807) is 23.5 Å². The number of rotatable bonds is 5. The summed E-state index contributed by atoms with van der Waals surface area (Å²) in [6, 6.07) is 12.6. The summed E-state index contributed by atoms with van der Waals surface area (Å²) < 4.78 is 0. The van der Waals surface area contributed by atoms with Crippen molar-refractivity contribution in [2.75, 3.05) is 5.75 Å². The van der Waals surface area contributed by atoms with Crippen LogP contribution in [0.4, 0.5) is 0 Å². The second-order valence-electron chi connectivity index (χ2n) is 4.85. The van der Waals surface area contributed by atoms with Crippen LogP contribution in [0.3, 0.4) is 0 Å². The van der Waals surface area contributed by atoms with Crippen LogP contribution in [-0.4, -0.2) is 11.6 Å². The molecule has 2 aromatic rings. The van der Waals surface area contributed by atoms with Gasteiger partial charge in [0, 0.05) is 20.2 Å². The molecule has 0 heterocycles. The van der Waals surface area contributed by atoms with Gasteiger partial charge in [0.05, 0.1) is 0 Å². The highest BCUT2D eigenvalue weighted by atomic mass is 32.2. The number of hydrogen-bond donors (Lipinski definition) is 2. The number of nitrogen functional groups attached to an aromatic ring is 1. The third-order valence-electron chi connectivity index (χ3n) is 3.12. The summed E-state index contributed by atoms with van der Waals surface area (Å²) in [5, 5.41) is 7.91. The molecule has 0 amide bonds. The van der Waals surface area contributed by atoms with Gasteiger partial charge in [0.2, 0.25) is 0 Å². The average Bonchev–Trinajstić information content (AvgIpc) is 2.43. The highest BCUT2D eigenvalue weighted by molar-refractivity contribution is 8.00. The maximum absolute atomic E-state index is 7.91. The molecule has 3 N–H and O–H groups in total. The SMILES string of the molecule is CCSc1cccc(Sc2cc(C)ccc2C)c1C(=N)N. The lowest BCUT2D eigenvalue weighted by Crippen LogP contribution is -2.13. The Balaban J connectivity index is 2.46. The van der Waals surface area contributed by atoms with Crippen molar-refractivity contribution in [1.82, 2.24) is 0 Å². The molecule has 0 aromatic heterocycles. The molecule has 0 saturated heterocycles. The summed E-state index contributed by atoms with van der Waals surface area (Å²) >= 11 is 3.42. The Hall–Kier alpha value is -1.39. The molecule has 110 valence electrons. The lowest BCUT2D eigenvalue weighted by atomic mass is 10.2. The van der Waals surface area contributed by atoms with E-state index in [-0.39, 0.29) is 5.84 Å². The molecule has 2 aromatic carbocycles. The summed E-state index contributed by atoms with van der Waals surface area (Å²) in [7, 11) is 0. The molecule has 0 spiro atoms. The number of thioether (sulfide) groups is 1. The Morgan fingerprint density at radius 1 is 1.10 bits per heavy atom. The molecule has 0 aliphatic rings. The average molecular weight is 316 g/mol. The van der Waals surface area contributed by atoms with Gasteiger partial charge in [0.15, 0.2) is 0 Å². The van der Waals surface area contributed by atoms with E-state index >= 15 is 0 Å². The van der Waals surface area contributed by atoms with Crippen molar-refractivity contribution in [3.63, 3.8) is 0 Å². The zero-order valence-corrected chi connectivity index (χ0v) is 14.2. The first-order chi connectivity index (χ1) is 10.0. The quantitative estimate of drug-likeness (QED) is 0.471. The summed E-state index contributed by atoms with van der Waals surface area (Å²) in [5.41, 5.74) is 9.17. The number of benzene rings is 2. The third-order valence-corrected chi connectivity index (χ3v) is 5.28. The minimum absolute atomic E-state index is 0.138. The molecule has 0 atom stereocenters. The van der Waals surface area contributed by atoms with Crippen LogP contribution in [0.15, 0.2) is 51.1 Å². The van der Waals surface area contributed by atoms with Crippen molar-refractivity contribution >= 4 is 29.4 Å². The molecule has 2 rings (SSSR count). The van der Waals surface area contributed by atoms with Crippen LogP contribution < -0.4 is 5.73 Å². The van der Waals surface area contributed by atoms with Gasteiger partial charge in [0.1, 0.15) is 5.84 Å². The lowest BCUT2D eigenvalue weighted by Gasteiger charge is -2.14.